The number of anilines is 3. The predicted molar refractivity (Wildman–Crippen MR) is 338 cm³/mol. The number of amides is 6. The van der Waals surface area contributed by atoms with Crippen molar-refractivity contribution in [3.8, 4) is 40.6 Å². The molecule has 4 heterocycles. The molecule has 4 aliphatic rings. The number of ether oxygens (including phenoxy) is 5. The highest BCUT2D eigenvalue weighted by Gasteiger charge is 2.36. The van der Waals surface area contributed by atoms with Crippen molar-refractivity contribution in [2.24, 2.45) is 11.5 Å². The van der Waals surface area contributed by atoms with Crippen molar-refractivity contribution < 1.29 is 57.7 Å². The second-order valence-corrected chi connectivity index (χ2v) is 22.2. The van der Waals surface area contributed by atoms with Gasteiger partial charge in [-0.1, -0.05) is 78.9 Å². The van der Waals surface area contributed by atoms with Crippen LogP contribution in [0.5, 0.6) is 34.5 Å². The lowest BCUT2D eigenvalue weighted by molar-refractivity contribution is -0.118. The molecule has 1 saturated carbocycles. The van der Waals surface area contributed by atoms with Crippen LogP contribution in [0.3, 0.4) is 0 Å². The number of primary amides is 2. The maximum atomic E-state index is 12.7. The largest absolute Gasteiger partial charge is 0.493 e. The molecule has 6 N–H and O–H groups in total. The van der Waals surface area contributed by atoms with E-state index < -0.39 is 17.7 Å². The van der Waals surface area contributed by atoms with Gasteiger partial charge in [-0.25, -0.2) is 10.5 Å². The van der Waals surface area contributed by atoms with E-state index in [1.54, 1.807) is 101 Å². The smallest absolute Gasteiger partial charge is 0.274 e. The Hall–Kier alpha value is -11.1. The van der Waals surface area contributed by atoms with E-state index >= 15 is 0 Å². The molecule has 3 atom stereocenters. The van der Waals surface area contributed by atoms with Gasteiger partial charge in [-0.3, -0.25) is 43.9 Å². The fourth-order valence-corrected chi connectivity index (χ4v) is 11.4. The Labute approximate surface area is 525 Å². The van der Waals surface area contributed by atoms with Crippen LogP contribution in [-0.4, -0.2) is 90.6 Å². The normalized spacial score (nSPS) is 16.8. The topological polar surface area (TPSA) is 292 Å². The Kier molecular flexibility index (Phi) is 20.2. The second-order valence-electron chi connectivity index (χ2n) is 22.2. The van der Waals surface area contributed by atoms with E-state index in [2.05, 4.69) is 16.0 Å². The van der Waals surface area contributed by atoms with E-state index in [-0.39, 0.29) is 59.5 Å². The molecule has 12 rings (SSSR count). The Bertz CT molecular complexity index is 4020. The number of rotatable bonds is 18. The van der Waals surface area contributed by atoms with Crippen molar-refractivity contribution in [2.45, 2.75) is 75.4 Å². The molecule has 0 spiro atoms. The van der Waals surface area contributed by atoms with Crippen molar-refractivity contribution in [3.63, 3.8) is 0 Å². The first kappa shape index (κ1) is 62.9. The minimum atomic E-state index is -0.711. The van der Waals surface area contributed by atoms with E-state index in [1.807, 2.05) is 84.9 Å². The molecular weight excluding hydrogens is 1160 g/mol. The summed E-state index contributed by atoms with van der Waals surface area (Å²) in [6, 6.07) is 51.8. The highest BCUT2D eigenvalue weighted by Crippen LogP contribution is 2.41. The molecule has 1 aromatic heterocycles. The van der Waals surface area contributed by atoms with Gasteiger partial charge in [-0.15, -0.1) is 0 Å². The van der Waals surface area contributed by atoms with Gasteiger partial charge in [0.2, 0.25) is 23.6 Å². The van der Waals surface area contributed by atoms with Gasteiger partial charge in [0.25, 0.3) is 11.8 Å². The lowest BCUT2D eigenvalue weighted by atomic mass is 9.98. The third-order valence-electron chi connectivity index (χ3n) is 16.2. The highest BCUT2D eigenvalue weighted by molar-refractivity contribution is 6.01. The van der Waals surface area contributed by atoms with Gasteiger partial charge >= 0.3 is 0 Å². The summed E-state index contributed by atoms with van der Waals surface area (Å²) in [5.74, 6) is 1.87. The molecule has 8 aromatic rings. The summed E-state index contributed by atoms with van der Waals surface area (Å²) in [6.07, 6.45) is 8.44. The number of nitrogens with zero attached hydrogens (tertiary/aromatic N) is 6. The standard InChI is InChI=1S/C24H22N2O3.C23H19N5O4.C23H26N2O5/c25-24(28)19-9-4-10-21(12-19)26-15-20(14-23(26)27)18-8-5-11-22(13-18)29-16-17-6-2-1-3-7-17;1-31-19-7-6-14(8-20(19)32-18-5-3-2-4-15(18)10-24)16-9-22(29)28(13-16)21-12-26-11-17(27-21)23(25)30;1-29-20-10-9-15(12-21(20)30-19-7-2-3-8-19)17-13-22(26)25(14-17)18-6-4-5-16(11-18)23(27)24-28/h1-13,20H,14-16H2,(H2,25,28);2-8,11-12,16H,9,13H2,1H3,(H2,25,30);4-6,9-12,17,19,28H,2-3,7-8,13-14H2,1H3,(H,24,27)/t;16-;17-/m.00/s1. The van der Waals surface area contributed by atoms with Crippen LogP contribution in [0.1, 0.15) is 122 Å². The molecule has 1 aliphatic carbocycles. The number of methoxy groups -OCH3 is 2. The zero-order chi connectivity index (χ0) is 64.0. The predicted octanol–water partition coefficient (Wildman–Crippen LogP) is 10.3. The number of hydrogen-bond acceptors (Lipinski definition) is 15. The minimum absolute atomic E-state index is 0.00404. The zero-order valence-corrected chi connectivity index (χ0v) is 50.1. The summed E-state index contributed by atoms with van der Waals surface area (Å²) < 4.78 is 29.0. The fraction of sp³-hybridized carbons (Fsp3) is 0.243. The van der Waals surface area contributed by atoms with E-state index in [0.29, 0.717) is 90.1 Å². The van der Waals surface area contributed by atoms with Gasteiger partial charge in [0.15, 0.2) is 28.8 Å². The number of hydrogen-bond donors (Lipinski definition) is 4. The van der Waals surface area contributed by atoms with Gasteiger partial charge in [0.05, 0.1) is 38.3 Å². The lowest BCUT2D eigenvalue weighted by Crippen LogP contribution is -2.26. The Balaban J connectivity index is 0.000000150. The first-order valence-corrected chi connectivity index (χ1v) is 29.6. The quantitative estimate of drug-likeness (QED) is 0.0459. The summed E-state index contributed by atoms with van der Waals surface area (Å²) in [5.41, 5.74) is 18.8. The molecule has 0 radical (unpaired) electrons. The van der Waals surface area contributed by atoms with Crippen LogP contribution in [0, 0.1) is 11.3 Å². The summed E-state index contributed by atoms with van der Waals surface area (Å²) >= 11 is 0. The van der Waals surface area contributed by atoms with Gasteiger partial charge in [-0.2, -0.15) is 5.26 Å². The molecule has 1 unspecified atom stereocenters. The molecule has 3 saturated heterocycles. The number of para-hydroxylation sites is 1. The second kappa shape index (κ2) is 29.3. The third kappa shape index (κ3) is 15.4. The molecule has 7 aromatic carbocycles. The summed E-state index contributed by atoms with van der Waals surface area (Å²) in [4.78, 5) is 85.5. The first-order valence-electron chi connectivity index (χ1n) is 29.6. The number of aromatic nitrogens is 2. The fourth-order valence-electron chi connectivity index (χ4n) is 11.4. The molecule has 0 bridgehead atoms. The van der Waals surface area contributed by atoms with Crippen LogP contribution in [0.15, 0.2) is 176 Å². The van der Waals surface area contributed by atoms with Gasteiger partial charge in [0, 0.05) is 79.2 Å². The number of benzene rings is 7. The van der Waals surface area contributed by atoms with Gasteiger partial charge in [0.1, 0.15) is 29.9 Å². The SMILES string of the molecule is COc1ccc([C@H]2CC(=O)N(c3cccc(C(=O)NO)c3)C2)cc1OC1CCCC1.COc1ccc([C@H]2CC(=O)N(c3cncc(C(N)=O)n3)C2)cc1Oc1ccccc1C#N.NC(=O)c1cccc(N2CC(c3cccc(OCc4ccccc4)c3)CC2=O)c1. The van der Waals surface area contributed by atoms with Crippen molar-refractivity contribution in [1.82, 2.24) is 15.4 Å². The molecule has 4 fully saturated rings. The van der Waals surface area contributed by atoms with Gasteiger partial charge in [-0.05, 0) is 133 Å². The Morgan fingerprint density at radius 1 is 0.593 bits per heavy atom. The monoisotopic (exact) mass is 1230 g/mol. The molecular formula is C70H67N9O12. The summed E-state index contributed by atoms with van der Waals surface area (Å²) in [7, 11) is 3.16. The highest BCUT2D eigenvalue weighted by atomic mass is 16.5. The average molecular weight is 1230 g/mol. The zero-order valence-electron chi connectivity index (χ0n) is 50.1. The molecule has 3 aliphatic heterocycles. The molecule has 6 amide bonds. The van der Waals surface area contributed by atoms with Gasteiger partial charge < -0.3 is 45.0 Å². The number of hydroxylamine groups is 1. The van der Waals surface area contributed by atoms with Crippen LogP contribution in [-0.2, 0) is 21.0 Å². The number of nitriles is 1. The number of carbonyl (C=O) groups excluding carboxylic acids is 6. The third-order valence-corrected chi connectivity index (χ3v) is 16.2. The first-order chi connectivity index (χ1) is 44.2. The maximum Gasteiger partial charge on any atom is 0.274 e. The lowest BCUT2D eigenvalue weighted by Gasteiger charge is -2.19. The Morgan fingerprint density at radius 3 is 1.77 bits per heavy atom. The van der Waals surface area contributed by atoms with Crippen LogP contribution >= 0.6 is 0 Å². The van der Waals surface area contributed by atoms with Crippen LogP contribution in [0.4, 0.5) is 17.2 Å². The molecule has 21 nitrogen and oxygen atoms in total. The van der Waals surface area contributed by atoms with Crippen molar-refractivity contribution >= 4 is 52.6 Å². The van der Waals surface area contributed by atoms with E-state index in [4.69, 9.17) is 40.4 Å². The number of nitrogens with two attached hydrogens (primary N) is 2. The van der Waals surface area contributed by atoms with E-state index in [9.17, 15) is 34.0 Å². The van der Waals surface area contributed by atoms with Crippen LogP contribution in [0.25, 0.3) is 0 Å². The molecule has 21 heteroatoms. The van der Waals surface area contributed by atoms with Crippen molar-refractivity contribution in [2.75, 3.05) is 48.6 Å². The average Bonchev–Trinajstić information content (AvgIpc) is 1.92. The number of nitrogens with one attached hydrogen (secondary N) is 1. The van der Waals surface area contributed by atoms with Crippen molar-refractivity contribution in [1.29, 1.82) is 5.26 Å². The van der Waals surface area contributed by atoms with Crippen LogP contribution < -0.4 is 55.3 Å². The van der Waals surface area contributed by atoms with E-state index in [0.717, 1.165) is 46.6 Å². The summed E-state index contributed by atoms with van der Waals surface area (Å²) in [6.45, 7) is 1.93. The van der Waals surface area contributed by atoms with Crippen LogP contribution in [0.2, 0.25) is 0 Å². The molecule has 91 heavy (non-hydrogen) atoms. The van der Waals surface area contributed by atoms with E-state index in [1.165, 1.54) is 37.2 Å². The summed E-state index contributed by atoms with van der Waals surface area (Å²) in [5, 5.41) is 18.2. The number of carbonyl (C=O) groups is 6. The molecule has 464 valence electrons. The van der Waals surface area contributed by atoms with Crippen molar-refractivity contribution in [3.05, 3.63) is 221 Å². The minimum Gasteiger partial charge on any atom is -0.493 e. The Morgan fingerprint density at radius 2 is 1.15 bits per heavy atom. The maximum absolute atomic E-state index is 12.7.